The van der Waals surface area contributed by atoms with Crippen LogP contribution in [-0.2, 0) is 38.1 Å². The van der Waals surface area contributed by atoms with Crippen molar-refractivity contribution >= 4 is 55.2 Å². The molecular weight excluding hydrogens is 693 g/mol. The van der Waals surface area contributed by atoms with E-state index in [0.717, 1.165) is 0 Å². The van der Waals surface area contributed by atoms with Crippen LogP contribution in [0.4, 0.5) is 0 Å². The van der Waals surface area contributed by atoms with Crippen LogP contribution in [0.5, 0.6) is 0 Å². The van der Waals surface area contributed by atoms with Gasteiger partial charge in [0.15, 0.2) is 9.74 Å². The zero-order valence-electron chi connectivity index (χ0n) is 28.3. The highest BCUT2D eigenvalue weighted by Gasteiger charge is 2.76. The number of carbonyl (C=O) groups is 4. The number of fused-ring (bicyclic) bond motifs is 4. The van der Waals surface area contributed by atoms with Crippen LogP contribution in [0.25, 0.3) is 0 Å². The molecule has 2 N–H and O–H groups in total. The van der Waals surface area contributed by atoms with Crippen LogP contribution in [0.15, 0.2) is 48.3 Å². The van der Waals surface area contributed by atoms with Crippen LogP contribution in [0, 0.1) is 23.7 Å². The third-order valence-corrected chi connectivity index (χ3v) is 15.9. The number of nitrogens with zero attached hydrogens (tertiary/aromatic N) is 2. The third-order valence-electron chi connectivity index (χ3n) is 10.9. The molecule has 2 amide bonds. The predicted octanol–water partition coefficient (Wildman–Crippen LogP) is 4.40. The summed E-state index contributed by atoms with van der Waals surface area (Å²) >= 11 is 0. The number of aliphatic hydroxyl groups is 2. The minimum Gasteiger partial charge on any atom is -0.473 e. The van der Waals surface area contributed by atoms with Gasteiger partial charge in [-0.15, -0.1) is 0 Å². The van der Waals surface area contributed by atoms with Crippen molar-refractivity contribution in [3.05, 3.63) is 48.3 Å². The number of amides is 2. The minimum atomic E-state index is -1.41. The van der Waals surface area contributed by atoms with Gasteiger partial charge in [0.1, 0.15) is 12.2 Å². The van der Waals surface area contributed by atoms with Gasteiger partial charge in [-0.05, 0) is 80.4 Å². The molecular formula is C34H44N2O10S3. The van der Waals surface area contributed by atoms with Gasteiger partial charge in [0, 0.05) is 12.8 Å². The van der Waals surface area contributed by atoms with Gasteiger partial charge in [-0.3, -0.25) is 19.2 Å². The van der Waals surface area contributed by atoms with E-state index in [2.05, 4.69) is 0 Å². The number of esters is 2. The molecule has 49 heavy (non-hydrogen) atoms. The van der Waals surface area contributed by atoms with E-state index in [1.807, 2.05) is 27.7 Å². The molecule has 15 heteroatoms. The van der Waals surface area contributed by atoms with Crippen molar-refractivity contribution in [2.75, 3.05) is 0 Å². The Hall–Kier alpha value is -2.59. The van der Waals surface area contributed by atoms with Gasteiger partial charge in [-0.1, -0.05) is 40.5 Å². The molecule has 0 saturated carbocycles. The van der Waals surface area contributed by atoms with E-state index >= 15 is 9.59 Å². The van der Waals surface area contributed by atoms with Crippen LogP contribution >= 0.6 is 31.4 Å². The van der Waals surface area contributed by atoms with Crippen LogP contribution in [0.2, 0.25) is 0 Å². The SMILES string of the molecule is CCC(C)C(O)C(C)C(=O)O[C@H]1C=COC=C2C[C@@]34SSS[C@]5(CC6=COC=C[C@H](OC(=O)C(C)C(O)C(C)CC)[C@H]6N5C3=O)C(=O)N4[C@@H]21. The van der Waals surface area contributed by atoms with Gasteiger partial charge < -0.3 is 39.0 Å². The van der Waals surface area contributed by atoms with Crippen LogP contribution < -0.4 is 0 Å². The summed E-state index contributed by atoms with van der Waals surface area (Å²) in [6.45, 7) is 10.8. The maximum atomic E-state index is 15.0. The Labute approximate surface area is 297 Å². The smallest absolute Gasteiger partial charge is 0.311 e. The Balaban J connectivity index is 1.33. The molecule has 5 fully saturated rings. The number of hydrogen-bond acceptors (Lipinski definition) is 13. The van der Waals surface area contributed by atoms with Gasteiger partial charge in [0.25, 0.3) is 11.8 Å². The lowest BCUT2D eigenvalue weighted by atomic mass is 9.91. The fraction of sp³-hybridized carbons (Fsp3) is 0.647. The van der Waals surface area contributed by atoms with E-state index in [4.69, 9.17) is 18.9 Å². The molecule has 12 atom stereocenters. The molecule has 12 nitrogen and oxygen atoms in total. The normalized spacial score (nSPS) is 34.9. The molecule has 7 aliphatic heterocycles. The lowest BCUT2D eigenvalue weighted by Crippen LogP contribution is -2.73. The lowest BCUT2D eigenvalue weighted by Gasteiger charge is -2.51. The highest BCUT2D eigenvalue weighted by molar-refractivity contribution is 9.10. The molecule has 268 valence electrons. The van der Waals surface area contributed by atoms with Gasteiger partial charge in [0.2, 0.25) is 0 Å². The average molecular weight is 737 g/mol. The van der Waals surface area contributed by atoms with E-state index in [0.29, 0.717) is 24.0 Å². The van der Waals surface area contributed by atoms with Gasteiger partial charge >= 0.3 is 11.9 Å². The number of hydrogen-bond donors (Lipinski definition) is 2. The Morgan fingerprint density at radius 2 is 1.18 bits per heavy atom. The molecule has 7 aliphatic rings. The Morgan fingerprint density at radius 3 is 1.55 bits per heavy atom. The van der Waals surface area contributed by atoms with Crippen molar-refractivity contribution in [2.24, 2.45) is 23.7 Å². The summed E-state index contributed by atoms with van der Waals surface area (Å²) in [5, 5.41) is 21.5. The second kappa shape index (κ2) is 13.9. The highest BCUT2D eigenvalue weighted by atomic mass is 33.5. The fourth-order valence-corrected chi connectivity index (χ4v) is 13.4. The second-order valence-corrected chi connectivity index (χ2v) is 18.3. The Bertz CT molecular complexity index is 1390. The number of carbonyl (C=O) groups excluding carboxylic acids is 4. The monoisotopic (exact) mass is 736 g/mol. The standard InChI is InChI=1S/C34H44N2O10S3/c1-7-17(3)27(37)19(5)29(39)45-23-9-11-43-15-21-13-33-32(42)36-26-22(14-34(36,48-49-47-33)31(41)35(33)25(21)23)16-44-12-10-24(26)46-30(40)20(6)28(38)18(4)8-2/h9-12,15-20,23-28,37-38H,7-8,13-14H2,1-6H3/t17?,18?,19?,20?,23-,24-,25-,26-,27?,28?,33+,34+/m0/s1. The van der Waals surface area contributed by atoms with Crippen molar-refractivity contribution in [3.63, 3.8) is 0 Å². The topological polar surface area (TPSA) is 152 Å². The van der Waals surface area contributed by atoms with Crippen LogP contribution in [-0.4, -0.2) is 90.0 Å². The van der Waals surface area contributed by atoms with E-state index in [9.17, 15) is 19.8 Å². The largest absolute Gasteiger partial charge is 0.473 e. The maximum absolute atomic E-state index is 15.0. The molecule has 2 bridgehead atoms. The summed E-state index contributed by atoms with van der Waals surface area (Å²) in [7, 11) is 3.90. The van der Waals surface area contributed by atoms with E-state index in [-0.39, 0.29) is 36.5 Å². The lowest BCUT2D eigenvalue weighted by molar-refractivity contribution is -0.174. The first kappa shape index (κ1) is 36.2. The predicted molar refractivity (Wildman–Crippen MR) is 184 cm³/mol. The van der Waals surface area contributed by atoms with Crippen molar-refractivity contribution in [2.45, 2.75) is 113 Å². The summed E-state index contributed by atoms with van der Waals surface area (Å²) in [4.78, 5) is 57.2. The average Bonchev–Trinajstić information content (AvgIpc) is 3.33. The summed E-state index contributed by atoms with van der Waals surface area (Å²) in [5.41, 5.74) is 1.23. The Kier molecular flexibility index (Phi) is 10.2. The van der Waals surface area contributed by atoms with E-state index < -0.39 is 70.0 Å². The summed E-state index contributed by atoms with van der Waals surface area (Å²) in [6, 6.07) is -1.66. The van der Waals surface area contributed by atoms with Gasteiger partial charge in [-0.25, -0.2) is 0 Å². The number of rotatable bonds is 10. The highest BCUT2D eigenvalue weighted by Crippen LogP contribution is 2.69. The second-order valence-electron chi connectivity index (χ2n) is 13.8. The number of aliphatic hydroxyl groups excluding tert-OH is 2. The molecule has 2 spiro atoms. The molecule has 0 radical (unpaired) electrons. The van der Waals surface area contributed by atoms with E-state index in [1.54, 1.807) is 35.8 Å². The van der Waals surface area contributed by atoms with Crippen molar-refractivity contribution < 1.29 is 48.3 Å². The quantitative estimate of drug-likeness (QED) is 0.241. The van der Waals surface area contributed by atoms with Crippen LogP contribution in [0.3, 0.4) is 0 Å². The van der Waals surface area contributed by atoms with Crippen molar-refractivity contribution in [1.29, 1.82) is 0 Å². The van der Waals surface area contributed by atoms with Gasteiger partial charge in [0.05, 0.1) is 61.2 Å². The fourth-order valence-electron chi connectivity index (χ4n) is 7.45. The molecule has 7 rings (SSSR count). The summed E-state index contributed by atoms with van der Waals surface area (Å²) in [5.74, 6) is -3.81. The molecule has 5 saturated heterocycles. The third kappa shape index (κ3) is 5.81. The zero-order chi connectivity index (χ0) is 35.4. The number of piperazine rings is 1. The van der Waals surface area contributed by atoms with Gasteiger partial charge in [-0.2, -0.15) is 0 Å². The first-order chi connectivity index (χ1) is 23.3. The summed E-state index contributed by atoms with van der Waals surface area (Å²) < 4.78 is 23.3. The molecule has 6 unspecified atom stereocenters. The van der Waals surface area contributed by atoms with Crippen molar-refractivity contribution in [3.8, 4) is 0 Å². The first-order valence-electron chi connectivity index (χ1n) is 16.8. The molecule has 0 aromatic carbocycles. The summed E-state index contributed by atoms with van der Waals surface area (Å²) in [6.07, 6.45) is 6.75. The Morgan fingerprint density at radius 1 is 0.796 bits per heavy atom. The molecule has 7 heterocycles. The molecule has 0 aliphatic carbocycles. The first-order valence-corrected chi connectivity index (χ1v) is 20.3. The minimum absolute atomic E-state index is 0.120. The van der Waals surface area contributed by atoms with Crippen molar-refractivity contribution in [1.82, 2.24) is 9.80 Å². The van der Waals surface area contributed by atoms with E-state index in [1.165, 1.54) is 56.5 Å². The zero-order valence-corrected chi connectivity index (χ0v) is 30.8. The number of ether oxygens (including phenoxy) is 4. The molecule has 0 aromatic rings. The maximum Gasteiger partial charge on any atom is 0.311 e. The van der Waals surface area contributed by atoms with Crippen LogP contribution in [0.1, 0.15) is 67.2 Å². The molecule has 0 aromatic heterocycles.